The van der Waals surface area contributed by atoms with Crippen LogP contribution in [0.25, 0.3) is 0 Å². The molecule has 0 saturated carbocycles. The van der Waals surface area contributed by atoms with E-state index >= 15 is 0 Å². The second-order valence-corrected chi connectivity index (χ2v) is 23.6. The van der Waals surface area contributed by atoms with Crippen LogP contribution < -0.4 is 19.9 Å². The molecule has 0 unspecified atom stereocenters. The molecule has 3 aromatic rings. The average molecular weight is 826 g/mol. The molecule has 1 fully saturated rings. The summed E-state index contributed by atoms with van der Waals surface area (Å²) in [6.07, 6.45) is -0.132. The number of rotatable bonds is 11. The molecule has 0 aromatic heterocycles. The van der Waals surface area contributed by atoms with Crippen molar-refractivity contribution < 1.29 is 31.0 Å². The summed E-state index contributed by atoms with van der Waals surface area (Å²) >= 11 is -4.06. The molecular formula is C41H55Cl2N3O4Ru. The van der Waals surface area contributed by atoms with E-state index in [2.05, 4.69) is 107 Å². The number of hydrogen-bond donors (Lipinski definition) is 1. The maximum absolute atomic E-state index is 12.6. The number of nitrogens with one attached hydrogen (secondary N) is 1. The fourth-order valence-electron chi connectivity index (χ4n) is 6.46. The molecular weight excluding hydrogens is 770 g/mol. The second kappa shape index (κ2) is 17.2. The Bertz CT molecular complexity index is 1740. The standard InChI is InChI=1S/C27H38N2.C14H17NO4.2ClH.Ru/c1-18(2)22-11-9-12-23(19(3)4)26(22)28-15-16-29(17-28)27-24(20(5)6)13-10-14-25(27)21(7)8;1-5-18-14(17)13(16)15-11-6-7-12(10(4)8-11)19-9(2)3;;;/h9-14,18-21H,15-16H2,1-8H3;4,6-9H,5H2,1-3H3,(H,15,16);2*1H;/q;;;;+2/p-2. The average Bonchev–Trinajstić information content (AvgIpc) is 3.50. The molecule has 0 radical (unpaired) electrons. The molecule has 51 heavy (non-hydrogen) atoms. The van der Waals surface area contributed by atoms with Crippen molar-refractivity contribution in [1.29, 1.82) is 0 Å². The van der Waals surface area contributed by atoms with Gasteiger partial charge in [0.2, 0.25) is 0 Å². The van der Waals surface area contributed by atoms with E-state index < -0.39 is 23.8 Å². The quantitative estimate of drug-likeness (QED) is 0.118. The Labute approximate surface area is 315 Å². The van der Waals surface area contributed by atoms with Crippen molar-refractivity contribution in [3.8, 4) is 5.75 Å². The first kappa shape index (κ1) is 40.7. The SMILES string of the molecule is CCOC(=O)C(=O)Nc1ccc(OC(C)C)c([CH]=[Ru]([Cl])([Cl])=[C]2N(c3c(C(C)C)cccc3C(C)C)CCN2c2c(C(C)C)cccc2C(C)C)c1. The summed E-state index contributed by atoms with van der Waals surface area (Å²) in [5.74, 6) is -0.158. The number of nitrogens with zero attached hydrogens (tertiary/aromatic N) is 2. The Morgan fingerprint density at radius 1 is 0.765 bits per heavy atom. The van der Waals surface area contributed by atoms with Crippen LogP contribution in [0.3, 0.4) is 0 Å². The van der Waals surface area contributed by atoms with Crippen LogP contribution in [0.5, 0.6) is 5.75 Å². The Balaban J connectivity index is 2.13. The predicted molar refractivity (Wildman–Crippen MR) is 213 cm³/mol. The van der Waals surface area contributed by atoms with Crippen molar-refractivity contribution in [1.82, 2.24) is 0 Å². The number of carbonyl (C=O) groups excluding carboxylic acids is 2. The summed E-state index contributed by atoms with van der Waals surface area (Å²) in [5, 5.41) is 2.67. The number of amides is 1. The van der Waals surface area contributed by atoms with E-state index in [-0.39, 0.29) is 36.4 Å². The molecule has 10 heteroatoms. The third-order valence-electron chi connectivity index (χ3n) is 8.74. The van der Waals surface area contributed by atoms with Crippen LogP contribution in [-0.2, 0) is 26.2 Å². The van der Waals surface area contributed by atoms with E-state index in [0.29, 0.717) is 30.1 Å². The Morgan fingerprint density at radius 2 is 1.22 bits per heavy atom. The first-order valence-electron chi connectivity index (χ1n) is 17.9. The Morgan fingerprint density at radius 3 is 1.61 bits per heavy atom. The molecule has 1 N–H and O–H groups in total. The van der Waals surface area contributed by atoms with Crippen molar-refractivity contribution in [2.45, 2.75) is 106 Å². The molecule has 4 rings (SSSR count). The topological polar surface area (TPSA) is 71.1 Å². The predicted octanol–water partition coefficient (Wildman–Crippen LogP) is 10.2. The summed E-state index contributed by atoms with van der Waals surface area (Å²) in [7, 11) is 15.8. The van der Waals surface area contributed by atoms with Crippen molar-refractivity contribution in [3.63, 3.8) is 0 Å². The Kier molecular flexibility index (Phi) is 13.7. The van der Waals surface area contributed by atoms with Crippen LogP contribution >= 0.6 is 19.4 Å². The van der Waals surface area contributed by atoms with Crippen molar-refractivity contribution in [3.05, 3.63) is 82.4 Å². The van der Waals surface area contributed by atoms with Crippen LogP contribution in [0.15, 0.2) is 54.6 Å². The van der Waals surface area contributed by atoms with Gasteiger partial charge in [0, 0.05) is 0 Å². The van der Waals surface area contributed by atoms with Gasteiger partial charge in [-0.05, 0) is 0 Å². The third kappa shape index (κ3) is 9.31. The van der Waals surface area contributed by atoms with Crippen molar-refractivity contribution >= 4 is 57.3 Å². The summed E-state index contributed by atoms with van der Waals surface area (Å²) in [4.78, 5) is 29.6. The number of ether oxygens (including phenoxy) is 2. The van der Waals surface area contributed by atoms with E-state index in [1.807, 2.05) is 18.5 Å². The van der Waals surface area contributed by atoms with Crippen LogP contribution in [0.4, 0.5) is 17.1 Å². The molecule has 1 aliphatic rings. The first-order chi connectivity index (χ1) is 24.0. The third-order valence-corrected chi connectivity index (χ3v) is 14.2. The second-order valence-electron chi connectivity index (χ2n) is 14.4. The van der Waals surface area contributed by atoms with Crippen LogP contribution in [0.2, 0.25) is 0 Å². The zero-order chi connectivity index (χ0) is 37.8. The molecule has 1 heterocycles. The number of carbonyl (C=O) groups is 2. The van der Waals surface area contributed by atoms with E-state index in [0.717, 1.165) is 4.35 Å². The fraction of sp³-hybridized carbons (Fsp3) is 0.463. The van der Waals surface area contributed by atoms with E-state index in [1.54, 1.807) is 25.1 Å². The molecule has 0 bridgehead atoms. The molecule has 7 nitrogen and oxygen atoms in total. The number of halogens is 2. The minimum absolute atomic E-state index is 0.100. The monoisotopic (exact) mass is 825 g/mol. The summed E-state index contributed by atoms with van der Waals surface area (Å²) in [6.45, 7) is 24.9. The van der Waals surface area contributed by atoms with E-state index in [1.165, 1.54) is 33.6 Å². The van der Waals surface area contributed by atoms with Gasteiger partial charge in [0.25, 0.3) is 0 Å². The van der Waals surface area contributed by atoms with Gasteiger partial charge in [-0.1, -0.05) is 0 Å². The van der Waals surface area contributed by atoms with E-state index in [9.17, 15) is 9.59 Å². The number of anilines is 3. The molecule has 1 amide bonds. The minimum atomic E-state index is -4.06. The number of benzene rings is 3. The van der Waals surface area contributed by atoms with Gasteiger partial charge >= 0.3 is 317 Å². The van der Waals surface area contributed by atoms with Crippen molar-refractivity contribution in [2.24, 2.45) is 0 Å². The number of para-hydroxylation sites is 2. The van der Waals surface area contributed by atoms with Crippen LogP contribution in [-0.4, -0.2) is 46.6 Å². The fourth-order valence-corrected chi connectivity index (χ4v) is 12.5. The van der Waals surface area contributed by atoms with Gasteiger partial charge in [0.1, 0.15) is 0 Å². The molecule has 0 atom stereocenters. The zero-order valence-corrected chi connectivity index (χ0v) is 35.2. The molecule has 1 saturated heterocycles. The molecule has 280 valence electrons. The number of hydrogen-bond acceptors (Lipinski definition) is 6. The maximum atomic E-state index is 12.6. The van der Waals surface area contributed by atoms with Gasteiger partial charge < -0.3 is 0 Å². The molecule has 0 aliphatic carbocycles. The number of esters is 1. The van der Waals surface area contributed by atoms with Gasteiger partial charge in [0.15, 0.2) is 0 Å². The Hall–Kier alpha value is -3.06. The summed E-state index contributed by atoms with van der Waals surface area (Å²) in [6, 6.07) is 18.4. The zero-order valence-electron chi connectivity index (χ0n) is 31.9. The van der Waals surface area contributed by atoms with Gasteiger partial charge in [-0.15, -0.1) is 0 Å². The summed E-state index contributed by atoms with van der Waals surface area (Å²) in [5.41, 5.74) is 8.38. The van der Waals surface area contributed by atoms with Crippen LogP contribution in [0.1, 0.15) is 128 Å². The van der Waals surface area contributed by atoms with Gasteiger partial charge in [-0.2, -0.15) is 0 Å². The van der Waals surface area contributed by atoms with E-state index in [4.69, 9.17) is 28.9 Å². The van der Waals surface area contributed by atoms with Crippen molar-refractivity contribution in [2.75, 3.05) is 34.8 Å². The van der Waals surface area contributed by atoms with Crippen LogP contribution in [0, 0.1) is 0 Å². The summed E-state index contributed by atoms with van der Waals surface area (Å²) < 4.78 is 14.0. The first-order valence-corrected chi connectivity index (χ1v) is 24.3. The van der Waals surface area contributed by atoms with Gasteiger partial charge in [-0.25, -0.2) is 0 Å². The molecule has 1 aliphatic heterocycles. The van der Waals surface area contributed by atoms with Gasteiger partial charge in [-0.3, -0.25) is 0 Å². The normalized spacial score (nSPS) is 14.0. The van der Waals surface area contributed by atoms with Gasteiger partial charge in [0.05, 0.1) is 0 Å². The molecule has 0 spiro atoms. The molecule has 3 aromatic carbocycles.